The number of hydrogen-bond donors (Lipinski definition) is 0. The second kappa shape index (κ2) is 6.56. The van der Waals surface area contributed by atoms with E-state index in [1.807, 2.05) is 25.1 Å². The molecule has 0 aliphatic rings. The van der Waals surface area contributed by atoms with Crippen LogP contribution in [-0.2, 0) is 9.53 Å². The molecule has 4 heteroatoms. The molecule has 0 aliphatic heterocycles. The molecular weight excluding hydrogens is 247 g/mol. The average molecular weight is 259 g/mol. The molecule has 0 radical (unpaired) electrons. The first-order chi connectivity index (χ1) is 7.65. The van der Waals surface area contributed by atoms with Crippen LogP contribution in [0.15, 0.2) is 34.8 Å². The molecule has 16 heavy (non-hydrogen) atoms. The largest absolute Gasteiger partial charge is 0.423 e. The van der Waals surface area contributed by atoms with Gasteiger partial charge in [-0.3, -0.25) is 4.79 Å². The van der Waals surface area contributed by atoms with Crippen molar-refractivity contribution in [2.45, 2.75) is 19.8 Å². The number of esters is 1. The molecule has 0 saturated heterocycles. The van der Waals surface area contributed by atoms with Crippen LogP contribution >= 0.6 is 23.2 Å². The molecular formula is C12H12Cl2O2. The fourth-order valence-electron chi connectivity index (χ4n) is 1.17. The Hall–Kier alpha value is -0.990. The highest BCUT2D eigenvalue weighted by Gasteiger charge is 2.12. The first-order valence-corrected chi connectivity index (χ1v) is 5.72. The van der Waals surface area contributed by atoms with E-state index in [4.69, 9.17) is 27.9 Å². The second-order valence-corrected chi connectivity index (χ2v) is 4.13. The summed E-state index contributed by atoms with van der Waals surface area (Å²) < 4.78 is 5.07. The Labute approximate surface area is 105 Å². The molecule has 0 atom stereocenters. The highest BCUT2D eigenvalue weighted by Crippen LogP contribution is 2.25. The maximum atomic E-state index is 11.4. The summed E-state index contributed by atoms with van der Waals surface area (Å²) in [6.07, 6.45) is 1.07. The van der Waals surface area contributed by atoms with Gasteiger partial charge in [0, 0.05) is 12.0 Å². The summed E-state index contributed by atoms with van der Waals surface area (Å²) >= 11 is 11.4. The summed E-state index contributed by atoms with van der Waals surface area (Å²) in [5.41, 5.74) is 0.687. The second-order valence-electron chi connectivity index (χ2n) is 3.18. The fourth-order valence-corrected chi connectivity index (χ4v) is 1.46. The van der Waals surface area contributed by atoms with Crippen LogP contribution in [0.2, 0.25) is 0 Å². The van der Waals surface area contributed by atoms with Crippen molar-refractivity contribution in [2.24, 2.45) is 0 Å². The Morgan fingerprint density at radius 3 is 2.38 bits per heavy atom. The van der Waals surface area contributed by atoms with E-state index in [1.165, 1.54) is 0 Å². The van der Waals surface area contributed by atoms with Gasteiger partial charge in [-0.1, -0.05) is 60.5 Å². The van der Waals surface area contributed by atoms with Gasteiger partial charge < -0.3 is 4.74 Å². The molecule has 0 aliphatic carbocycles. The summed E-state index contributed by atoms with van der Waals surface area (Å²) in [5.74, 6) is -0.123. The minimum atomic E-state index is -0.333. The van der Waals surface area contributed by atoms with Crippen LogP contribution in [0, 0.1) is 0 Å². The number of carbonyl (C=O) groups is 1. The minimum absolute atomic E-state index is 0.0457. The van der Waals surface area contributed by atoms with Crippen LogP contribution in [0.1, 0.15) is 25.3 Å². The third-order valence-electron chi connectivity index (χ3n) is 1.88. The number of rotatable bonds is 4. The molecule has 1 aromatic carbocycles. The van der Waals surface area contributed by atoms with Gasteiger partial charge in [-0.15, -0.1) is 0 Å². The Kier molecular flexibility index (Phi) is 5.36. The highest BCUT2D eigenvalue weighted by molar-refractivity contribution is 6.58. The van der Waals surface area contributed by atoms with Crippen molar-refractivity contribution in [3.8, 4) is 0 Å². The number of hydrogen-bond acceptors (Lipinski definition) is 2. The number of ether oxygens (including phenoxy) is 1. The Morgan fingerprint density at radius 1 is 1.25 bits per heavy atom. The van der Waals surface area contributed by atoms with E-state index >= 15 is 0 Å². The van der Waals surface area contributed by atoms with Crippen molar-refractivity contribution in [2.75, 3.05) is 0 Å². The normalized spacial score (nSPS) is 9.69. The smallest absolute Gasteiger partial charge is 0.311 e. The monoisotopic (exact) mass is 258 g/mol. The molecule has 0 fully saturated rings. The predicted octanol–water partition coefficient (Wildman–Crippen LogP) is 4.13. The van der Waals surface area contributed by atoms with E-state index in [0.29, 0.717) is 12.0 Å². The first kappa shape index (κ1) is 13.1. The SMILES string of the molecule is CCCC(=O)OC(=C(Cl)Cl)c1ccccc1. The van der Waals surface area contributed by atoms with E-state index in [9.17, 15) is 4.79 Å². The number of halogens is 2. The van der Waals surface area contributed by atoms with Crippen LogP contribution in [0.25, 0.3) is 5.76 Å². The Balaban J connectivity index is 2.87. The van der Waals surface area contributed by atoms with Crippen LogP contribution in [-0.4, -0.2) is 5.97 Å². The van der Waals surface area contributed by atoms with E-state index < -0.39 is 0 Å². The third-order valence-corrected chi connectivity index (χ3v) is 2.22. The summed E-state index contributed by atoms with van der Waals surface area (Å²) in [7, 11) is 0. The van der Waals surface area contributed by atoms with E-state index in [1.54, 1.807) is 12.1 Å². The fraction of sp³-hybridized carbons (Fsp3) is 0.250. The van der Waals surface area contributed by atoms with Crippen molar-refractivity contribution >= 4 is 34.9 Å². The third kappa shape index (κ3) is 3.87. The zero-order chi connectivity index (χ0) is 12.0. The quantitative estimate of drug-likeness (QED) is 0.600. The average Bonchev–Trinajstić information content (AvgIpc) is 2.27. The highest BCUT2D eigenvalue weighted by atomic mass is 35.5. The zero-order valence-electron chi connectivity index (χ0n) is 8.87. The van der Waals surface area contributed by atoms with Gasteiger partial charge in [0.05, 0.1) is 0 Å². The maximum Gasteiger partial charge on any atom is 0.311 e. The van der Waals surface area contributed by atoms with Gasteiger partial charge in [0.2, 0.25) is 0 Å². The lowest BCUT2D eigenvalue weighted by Gasteiger charge is -2.08. The van der Waals surface area contributed by atoms with E-state index in [2.05, 4.69) is 0 Å². The van der Waals surface area contributed by atoms with E-state index in [0.717, 1.165) is 6.42 Å². The van der Waals surface area contributed by atoms with Crippen LogP contribution in [0.4, 0.5) is 0 Å². The molecule has 0 saturated carbocycles. The van der Waals surface area contributed by atoms with Crippen molar-refractivity contribution in [3.63, 3.8) is 0 Å². The van der Waals surface area contributed by atoms with Gasteiger partial charge in [0.15, 0.2) is 5.76 Å². The molecule has 0 spiro atoms. The van der Waals surface area contributed by atoms with Gasteiger partial charge in [0.1, 0.15) is 4.49 Å². The van der Waals surface area contributed by atoms with Crippen LogP contribution in [0.3, 0.4) is 0 Å². The lowest BCUT2D eigenvalue weighted by atomic mass is 10.2. The Morgan fingerprint density at radius 2 is 1.88 bits per heavy atom. The van der Waals surface area contributed by atoms with E-state index in [-0.39, 0.29) is 16.2 Å². The predicted molar refractivity (Wildman–Crippen MR) is 66.1 cm³/mol. The number of carbonyl (C=O) groups excluding carboxylic acids is 1. The van der Waals surface area contributed by atoms with Crippen molar-refractivity contribution in [1.29, 1.82) is 0 Å². The molecule has 0 aromatic heterocycles. The molecule has 0 N–H and O–H groups in total. The molecule has 0 amide bonds. The summed E-state index contributed by atoms with van der Waals surface area (Å²) in [5, 5.41) is 0. The summed E-state index contributed by atoms with van der Waals surface area (Å²) in [6, 6.07) is 9.05. The summed E-state index contributed by atoms with van der Waals surface area (Å²) in [6.45, 7) is 1.90. The molecule has 1 aromatic rings. The lowest BCUT2D eigenvalue weighted by Crippen LogP contribution is -2.03. The summed E-state index contributed by atoms with van der Waals surface area (Å²) in [4.78, 5) is 11.4. The molecule has 0 unspecified atom stereocenters. The van der Waals surface area contributed by atoms with Crippen molar-refractivity contribution in [1.82, 2.24) is 0 Å². The topological polar surface area (TPSA) is 26.3 Å². The van der Waals surface area contributed by atoms with Crippen LogP contribution in [0.5, 0.6) is 0 Å². The first-order valence-electron chi connectivity index (χ1n) is 4.96. The standard InChI is InChI=1S/C12H12Cl2O2/c1-2-6-10(15)16-11(12(13)14)9-7-4-3-5-8-9/h3-5,7-8H,2,6H2,1H3. The van der Waals surface area contributed by atoms with Gasteiger partial charge in [-0.25, -0.2) is 0 Å². The minimum Gasteiger partial charge on any atom is -0.423 e. The lowest BCUT2D eigenvalue weighted by molar-refractivity contribution is -0.136. The van der Waals surface area contributed by atoms with Gasteiger partial charge in [0.25, 0.3) is 0 Å². The van der Waals surface area contributed by atoms with Crippen molar-refractivity contribution < 1.29 is 9.53 Å². The molecule has 0 bridgehead atoms. The van der Waals surface area contributed by atoms with Gasteiger partial charge in [-0.05, 0) is 6.42 Å². The zero-order valence-corrected chi connectivity index (χ0v) is 10.4. The number of benzene rings is 1. The molecule has 1 rings (SSSR count). The Bertz CT molecular complexity index is 381. The molecule has 2 nitrogen and oxygen atoms in total. The van der Waals surface area contributed by atoms with Crippen molar-refractivity contribution in [3.05, 3.63) is 40.4 Å². The maximum absolute atomic E-state index is 11.4. The van der Waals surface area contributed by atoms with Gasteiger partial charge >= 0.3 is 5.97 Å². The van der Waals surface area contributed by atoms with Crippen LogP contribution < -0.4 is 0 Å². The van der Waals surface area contributed by atoms with Gasteiger partial charge in [-0.2, -0.15) is 0 Å². The molecule has 0 heterocycles. The molecule has 86 valence electrons.